The maximum absolute atomic E-state index is 5.37. The molecule has 1 aromatic carbocycles. The van der Waals surface area contributed by atoms with E-state index < -0.39 is 0 Å². The van der Waals surface area contributed by atoms with Crippen LogP contribution in [0.15, 0.2) is 69.1 Å². The van der Waals surface area contributed by atoms with E-state index in [1.165, 1.54) is 5.56 Å². The highest BCUT2D eigenvalue weighted by Crippen LogP contribution is 2.27. The molecule has 6 nitrogen and oxygen atoms in total. The van der Waals surface area contributed by atoms with E-state index in [4.69, 9.17) is 4.52 Å². The van der Waals surface area contributed by atoms with Gasteiger partial charge in [-0.15, -0.1) is 0 Å². The summed E-state index contributed by atoms with van der Waals surface area (Å²) in [5.74, 6) is 2.20. The van der Waals surface area contributed by atoms with Gasteiger partial charge in [-0.25, -0.2) is 4.98 Å². The third-order valence-electron chi connectivity index (χ3n) is 4.45. The summed E-state index contributed by atoms with van der Waals surface area (Å²) < 4.78 is 8.70. The van der Waals surface area contributed by atoms with Crippen LogP contribution >= 0.6 is 27.7 Å². The molecule has 0 amide bonds. The second-order valence-electron chi connectivity index (χ2n) is 6.38. The van der Waals surface area contributed by atoms with Crippen molar-refractivity contribution < 1.29 is 4.52 Å². The second kappa shape index (κ2) is 9.37. The Balaban J connectivity index is 1.34. The van der Waals surface area contributed by atoms with Crippen molar-refractivity contribution in [1.82, 2.24) is 24.7 Å². The highest BCUT2D eigenvalue weighted by Gasteiger charge is 2.12. The zero-order valence-corrected chi connectivity index (χ0v) is 18.4. The third-order valence-corrected chi connectivity index (χ3v) is 6.05. The van der Waals surface area contributed by atoms with Crippen molar-refractivity contribution >= 4 is 27.7 Å². The van der Waals surface area contributed by atoms with E-state index in [1.54, 1.807) is 24.2 Å². The maximum atomic E-state index is 5.37. The van der Waals surface area contributed by atoms with Crippen LogP contribution in [0.5, 0.6) is 0 Å². The van der Waals surface area contributed by atoms with Crippen LogP contribution in [-0.2, 0) is 13.0 Å². The fraction of sp³-hybridized carbons (Fsp3) is 0.238. The Morgan fingerprint density at radius 3 is 2.62 bits per heavy atom. The van der Waals surface area contributed by atoms with E-state index in [0.29, 0.717) is 11.7 Å². The summed E-state index contributed by atoms with van der Waals surface area (Å²) in [6.45, 7) is 3.03. The Hall–Kier alpha value is -2.45. The fourth-order valence-electron chi connectivity index (χ4n) is 2.99. The SMILES string of the molecule is CCn1c(-c2ccc(Br)cc2)cnc1SCCCc1nc(-c2ccncc2)no1. The molecule has 0 spiro atoms. The molecule has 0 aliphatic heterocycles. The molecule has 3 heterocycles. The van der Waals surface area contributed by atoms with Gasteiger partial charge in [-0.3, -0.25) is 4.98 Å². The molecule has 0 radical (unpaired) electrons. The van der Waals surface area contributed by atoms with Gasteiger partial charge in [0.15, 0.2) is 5.16 Å². The predicted molar refractivity (Wildman–Crippen MR) is 118 cm³/mol. The van der Waals surface area contributed by atoms with Crippen LogP contribution < -0.4 is 0 Å². The molecule has 0 fully saturated rings. The number of nitrogens with zero attached hydrogens (tertiary/aromatic N) is 5. The number of rotatable bonds is 8. The van der Waals surface area contributed by atoms with Crippen molar-refractivity contribution in [2.24, 2.45) is 0 Å². The number of hydrogen-bond donors (Lipinski definition) is 0. The molecule has 0 saturated heterocycles. The molecular formula is C21H20BrN5OS. The van der Waals surface area contributed by atoms with Gasteiger partial charge in [-0.05, 0) is 43.2 Å². The number of thioether (sulfide) groups is 1. The Labute approximate surface area is 181 Å². The Morgan fingerprint density at radius 1 is 1.07 bits per heavy atom. The topological polar surface area (TPSA) is 69.6 Å². The predicted octanol–water partition coefficient (Wildman–Crippen LogP) is 5.50. The summed E-state index contributed by atoms with van der Waals surface area (Å²) in [6, 6.07) is 12.1. The molecule has 0 bridgehead atoms. The summed E-state index contributed by atoms with van der Waals surface area (Å²) in [7, 11) is 0. The van der Waals surface area contributed by atoms with Crippen molar-refractivity contribution in [2.45, 2.75) is 31.5 Å². The number of benzene rings is 1. The summed E-state index contributed by atoms with van der Waals surface area (Å²) >= 11 is 5.25. The Kier molecular flexibility index (Phi) is 6.41. The van der Waals surface area contributed by atoms with Crippen molar-refractivity contribution in [1.29, 1.82) is 0 Å². The Morgan fingerprint density at radius 2 is 1.86 bits per heavy atom. The van der Waals surface area contributed by atoms with E-state index in [1.807, 2.05) is 18.3 Å². The van der Waals surface area contributed by atoms with Crippen LogP contribution in [0.1, 0.15) is 19.2 Å². The summed E-state index contributed by atoms with van der Waals surface area (Å²) in [6.07, 6.45) is 7.08. The van der Waals surface area contributed by atoms with Crippen molar-refractivity contribution in [3.05, 3.63) is 65.4 Å². The molecule has 0 aliphatic rings. The van der Waals surface area contributed by atoms with E-state index in [0.717, 1.165) is 46.0 Å². The molecular weight excluding hydrogens is 450 g/mol. The van der Waals surface area contributed by atoms with E-state index >= 15 is 0 Å². The van der Waals surface area contributed by atoms with Crippen LogP contribution in [0, 0.1) is 0 Å². The number of pyridine rings is 1. The zero-order valence-electron chi connectivity index (χ0n) is 16.0. The Bertz CT molecular complexity index is 1060. The van der Waals surface area contributed by atoms with Crippen molar-refractivity contribution in [3.63, 3.8) is 0 Å². The van der Waals surface area contributed by atoms with Crippen LogP contribution in [0.3, 0.4) is 0 Å². The largest absolute Gasteiger partial charge is 0.339 e. The minimum Gasteiger partial charge on any atom is -0.339 e. The molecule has 3 aromatic heterocycles. The first kappa shape index (κ1) is 19.8. The third kappa shape index (κ3) is 4.76. The maximum Gasteiger partial charge on any atom is 0.226 e. The molecule has 0 atom stereocenters. The lowest BCUT2D eigenvalue weighted by molar-refractivity contribution is 0.378. The second-order valence-corrected chi connectivity index (χ2v) is 8.35. The minimum atomic E-state index is 0.607. The van der Waals surface area contributed by atoms with E-state index in [-0.39, 0.29) is 0 Å². The average molecular weight is 470 g/mol. The van der Waals surface area contributed by atoms with Gasteiger partial charge in [0.25, 0.3) is 0 Å². The summed E-state index contributed by atoms with van der Waals surface area (Å²) in [5, 5.41) is 5.09. The number of hydrogen-bond acceptors (Lipinski definition) is 6. The molecule has 4 aromatic rings. The first-order valence-electron chi connectivity index (χ1n) is 9.42. The first-order valence-corrected chi connectivity index (χ1v) is 11.2. The van der Waals surface area contributed by atoms with Gasteiger partial charge in [0.05, 0.1) is 11.9 Å². The average Bonchev–Trinajstić information content (AvgIpc) is 3.39. The molecule has 8 heteroatoms. The van der Waals surface area contributed by atoms with Crippen LogP contribution in [0.2, 0.25) is 0 Å². The number of imidazole rings is 1. The molecule has 0 saturated carbocycles. The molecule has 0 aliphatic carbocycles. The standard InChI is InChI=1S/C21H20BrN5OS/c1-2-27-18(15-5-7-17(22)8-6-15)14-24-21(27)29-13-3-4-19-25-20(26-28-19)16-9-11-23-12-10-16/h5-12,14H,2-4,13H2,1H3. The lowest BCUT2D eigenvalue weighted by Gasteiger charge is -2.09. The minimum absolute atomic E-state index is 0.607. The first-order chi connectivity index (χ1) is 14.2. The number of aromatic nitrogens is 5. The highest BCUT2D eigenvalue weighted by atomic mass is 79.9. The molecule has 0 unspecified atom stereocenters. The van der Waals surface area contributed by atoms with Gasteiger partial charge in [0.2, 0.25) is 11.7 Å². The van der Waals surface area contributed by atoms with Gasteiger partial charge >= 0.3 is 0 Å². The normalized spacial score (nSPS) is 11.1. The van der Waals surface area contributed by atoms with Crippen LogP contribution in [0.25, 0.3) is 22.6 Å². The van der Waals surface area contributed by atoms with E-state index in [2.05, 4.69) is 71.8 Å². The molecule has 148 valence electrons. The smallest absolute Gasteiger partial charge is 0.226 e. The van der Waals surface area contributed by atoms with Crippen molar-refractivity contribution in [2.75, 3.05) is 5.75 Å². The van der Waals surface area contributed by atoms with Crippen LogP contribution in [-0.4, -0.2) is 30.4 Å². The lowest BCUT2D eigenvalue weighted by Crippen LogP contribution is -2.00. The quantitative estimate of drug-likeness (QED) is 0.250. The van der Waals surface area contributed by atoms with Crippen molar-refractivity contribution in [3.8, 4) is 22.6 Å². The van der Waals surface area contributed by atoms with Gasteiger partial charge in [0, 0.05) is 41.1 Å². The van der Waals surface area contributed by atoms with Gasteiger partial charge in [-0.1, -0.05) is 45.0 Å². The summed E-state index contributed by atoms with van der Waals surface area (Å²) in [4.78, 5) is 13.1. The van der Waals surface area contributed by atoms with E-state index in [9.17, 15) is 0 Å². The number of halogens is 1. The van der Waals surface area contributed by atoms with Gasteiger partial charge in [0.1, 0.15) is 0 Å². The summed E-state index contributed by atoms with van der Waals surface area (Å²) in [5.41, 5.74) is 3.22. The highest BCUT2D eigenvalue weighted by molar-refractivity contribution is 9.10. The fourth-order valence-corrected chi connectivity index (χ4v) is 4.24. The molecule has 4 rings (SSSR count). The number of aryl methyl sites for hydroxylation is 1. The molecule has 0 N–H and O–H groups in total. The van der Waals surface area contributed by atoms with Crippen LogP contribution in [0.4, 0.5) is 0 Å². The zero-order chi connectivity index (χ0) is 20.1. The lowest BCUT2D eigenvalue weighted by atomic mass is 10.2. The van der Waals surface area contributed by atoms with Gasteiger partial charge in [-0.2, -0.15) is 4.98 Å². The monoisotopic (exact) mass is 469 g/mol. The van der Waals surface area contributed by atoms with Gasteiger partial charge < -0.3 is 9.09 Å². The molecule has 29 heavy (non-hydrogen) atoms.